The van der Waals surface area contributed by atoms with Crippen molar-refractivity contribution in [3.05, 3.63) is 29.0 Å². The Balaban J connectivity index is 2.33. The van der Waals surface area contributed by atoms with Crippen LogP contribution in [0.3, 0.4) is 0 Å². The van der Waals surface area contributed by atoms with Crippen molar-refractivity contribution in [2.45, 2.75) is 23.8 Å². The van der Waals surface area contributed by atoms with Crippen LogP contribution in [-0.4, -0.2) is 31.9 Å². The number of sulfonamides is 1. The average Bonchev–Trinajstić information content (AvgIpc) is 2.32. The summed E-state index contributed by atoms with van der Waals surface area (Å²) in [5.41, 5.74) is 5.73. The van der Waals surface area contributed by atoms with E-state index in [1.165, 1.54) is 10.4 Å². The third kappa shape index (κ3) is 2.66. The maximum absolute atomic E-state index is 13.1. The summed E-state index contributed by atoms with van der Waals surface area (Å²) in [5, 5.41) is 0.0336. The molecule has 1 saturated heterocycles. The second-order valence-corrected chi connectivity index (χ2v) is 6.63. The topological polar surface area (TPSA) is 63.4 Å². The lowest BCUT2D eigenvalue weighted by atomic mass is 10.1. The van der Waals surface area contributed by atoms with Crippen molar-refractivity contribution in [3.8, 4) is 0 Å². The Kier molecular flexibility index (Phi) is 3.91. The minimum atomic E-state index is -3.73. The summed E-state index contributed by atoms with van der Waals surface area (Å²) in [6.45, 7) is 0.687. The zero-order valence-electron chi connectivity index (χ0n) is 9.64. The molecule has 1 fully saturated rings. The molecule has 2 rings (SSSR count). The lowest BCUT2D eigenvalue weighted by molar-refractivity contribution is 0.320. The molecule has 0 saturated carbocycles. The molecular weight excluding hydrogens is 279 g/mol. The van der Waals surface area contributed by atoms with Gasteiger partial charge in [-0.05, 0) is 31.0 Å². The summed E-state index contributed by atoms with van der Waals surface area (Å²) in [6.07, 6.45) is 1.21. The Morgan fingerprint density at radius 3 is 2.56 bits per heavy atom. The third-order valence-corrected chi connectivity index (χ3v) is 5.39. The van der Waals surface area contributed by atoms with Crippen LogP contribution in [0.25, 0.3) is 0 Å². The van der Waals surface area contributed by atoms with E-state index >= 15 is 0 Å². The molecule has 0 amide bonds. The summed E-state index contributed by atoms with van der Waals surface area (Å²) < 4.78 is 39.0. The van der Waals surface area contributed by atoms with Gasteiger partial charge in [0.05, 0.1) is 5.02 Å². The Bertz CT molecular complexity index is 542. The first kappa shape index (κ1) is 13.7. The van der Waals surface area contributed by atoms with E-state index in [0.717, 1.165) is 12.1 Å². The molecule has 2 N–H and O–H groups in total. The van der Waals surface area contributed by atoms with Gasteiger partial charge in [-0.25, -0.2) is 12.8 Å². The van der Waals surface area contributed by atoms with Crippen LogP contribution in [0.5, 0.6) is 0 Å². The normalized spacial score (nSPS) is 19.1. The van der Waals surface area contributed by atoms with Gasteiger partial charge in [0, 0.05) is 19.1 Å². The second-order valence-electron chi connectivity index (χ2n) is 4.32. The molecule has 0 aromatic heterocycles. The van der Waals surface area contributed by atoms with E-state index in [1.807, 2.05) is 0 Å². The van der Waals surface area contributed by atoms with Gasteiger partial charge in [-0.3, -0.25) is 0 Å². The molecule has 0 radical (unpaired) electrons. The summed E-state index contributed by atoms with van der Waals surface area (Å²) in [4.78, 5) is -0.181. The van der Waals surface area contributed by atoms with Crippen molar-refractivity contribution in [2.24, 2.45) is 5.73 Å². The van der Waals surface area contributed by atoms with Gasteiger partial charge >= 0.3 is 0 Å². The van der Waals surface area contributed by atoms with Gasteiger partial charge in [0.1, 0.15) is 10.7 Å². The van der Waals surface area contributed by atoms with Crippen molar-refractivity contribution in [1.29, 1.82) is 0 Å². The van der Waals surface area contributed by atoms with E-state index in [9.17, 15) is 12.8 Å². The SMILES string of the molecule is NC1CCN(S(=O)(=O)c2cc(F)ccc2Cl)CC1. The van der Waals surface area contributed by atoms with Crippen molar-refractivity contribution in [1.82, 2.24) is 4.31 Å². The molecule has 4 nitrogen and oxygen atoms in total. The lowest BCUT2D eigenvalue weighted by Gasteiger charge is -2.29. The third-order valence-electron chi connectivity index (χ3n) is 3.01. The van der Waals surface area contributed by atoms with E-state index in [2.05, 4.69) is 0 Å². The van der Waals surface area contributed by atoms with Gasteiger partial charge in [0.25, 0.3) is 0 Å². The fourth-order valence-corrected chi connectivity index (χ4v) is 3.89. The van der Waals surface area contributed by atoms with Gasteiger partial charge in [-0.1, -0.05) is 11.6 Å². The molecule has 1 aromatic carbocycles. The average molecular weight is 293 g/mol. The van der Waals surface area contributed by atoms with Gasteiger partial charge in [-0.15, -0.1) is 0 Å². The number of benzene rings is 1. The molecule has 1 aliphatic rings. The van der Waals surface area contributed by atoms with Crippen molar-refractivity contribution in [2.75, 3.05) is 13.1 Å². The first-order valence-corrected chi connectivity index (χ1v) is 7.44. The Morgan fingerprint density at radius 1 is 1.33 bits per heavy atom. The maximum Gasteiger partial charge on any atom is 0.244 e. The molecule has 0 atom stereocenters. The van der Waals surface area contributed by atoms with Crippen molar-refractivity contribution < 1.29 is 12.8 Å². The lowest BCUT2D eigenvalue weighted by Crippen LogP contribution is -2.42. The fourth-order valence-electron chi connectivity index (χ4n) is 1.93. The highest BCUT2D eigenvalue weighted by molar-refractivity contribution is 7.89. The summed E-state index contributed by atoms with van der Waals surface area (Å²) >= 11 is 5.83. The molecular formula is C11H14ClFN2O2S. The van der Waals surface area contributed by atoms with Crippen LogP contribution >= 0.6 is 11.6 Å². The minimum absolute atomic E-state index is 0.0273. The molecule has 0 aliphatic carbocycles. The molecule has 1 aromatic rings. The fraction of sp³-hybridized carbons (Fsp3) is 0.455. The molecule has 100 valence electrons. The van der Waals surface area contributed by atoms with Crippen LogP contribution in [0.4, 0.5) is 4.39 Å². The molecule has 1 aliphatic heterocycles. The van der Waals surface area contributed by atoms with Crippen molar-refractivity contribution in [3.63, 3.8) is 0 Å². The summed E-state index contributed by atoms with van der Waals surface area (Å²) in [6, 6.07) is 3.36. The zero-order valence-corrected chi connectivity index (χ0v) is 11.2. The maximum atomic E-state index is 13.1. The molecule has 18 heavy (non-hydrogen) atoms. The zero-order chi connectivity index (χ0) is 13.3. The monoisotopic (exact) mass is 292 g/mol. The van der Waals surface area contributed by atoms with E-state index in [1.54, 1.807) is 0 Å². The summed E-state index contributed by atoms with van der Waals surface area (Å²) in [7, 11) is -3.73. The van der Waals surface area contributed by atoms with Gasteiger partial charge in [0.15, 0.2) is 0 Å². The molecule has 0 bridgehead atoms. The van der Waals surface area contributed by atoms with E-state index < -0.39 is 15.8 Å². The van der Waals surface area contributed by atoms with Crippen LogP contribution in [0, 0.1) is 5.82 Å². The van der Waals surface area contributed by atoms with E-state index in [0.29, 0.717) is 25.9 Å². The Labute approximate surface area is 111 Å². The highest BCUT2D eigenvalue weighted by atomic mass is 35.5. The number of rotatable bonds is 2. The standard InChI is InChI=1S/C11H14ClFN2O2S/c12-10-2-1-8(13)7-11(10)18(16,17)15-5-3-9(14)4-6-15/h1-2,7,9H,3-6,14H2. The highest BCUT2D eigenvalue weighted by Crippen LogP contribution is 2.27. The largest absolute Gasteiger partial charge is 0.328 e. The molecule has 1 heterocycles. The quantitative estimate of drug-likeness (QED) is 0.900. The number of nitrogens with two attached hydrogens (primary N) is 1. The Hall–Kier alpha value is -0.690. The van der Waals surface area contributed by atoms with Gasteiger partial charge < -0.3 is 5.73 Å². The van der Waals surface area contributed by atoms with Crippen LogP contribution in [0.15, 0.2) is 23.1 Å². The first-order valence-electron chi connectivity index (χ1n) is 5.62. The number of nitrogens with zero attached hydrogens (tertiary/aromatic N) is 1. The van der Waals surface area contributed by atoms with E-state index in [4.69, 9.17) is 17.3 Å². The number of piperidine rings is 1. The van der Waals surface area contributed by atoms with Crippen LogP contribution in [-0.2, 0) is 10.0 Å². The van der Waals surface area contributed by atoms with Crippen molar-refractivity contribution >= 4 is 21.6 Å². The molecule has 0 spiro atoms. The van der Waals surface area contributed by atoms with Gasteiger partial charge in [-0.2, -0.15) is 4.31 Å². The number of hydrogen-bond donors (Lipinski definition) is 1. The minimum Gasteiger partial charge on any atom is -0.328 e. The van der Waals surface area contributed by atoms with Crippen LogP contribution < -0.4 is 5.73 Å². The number of halogens is 2. The number of hydrogen-bond acceptors (Lipinski definition) is 3. The van der Waals surface area contributed by atoms with Crippen LogP contribution in [0.2, 0.25) is 5.02 Å². The predicted octanol–water partition coefficient (Wildman–Crippen LogP) is 1.59. The first-order chi connectivity index (χ1) is 8.41. The Morgan fingerprint density at radius 2 is 1.94 bits per heavy atom. The van der Waals surface area contributed by atoms with Gasteiger partial charge in [0.2, 0.25) is 10.0 Å². The molecule has 7 heteroatoms. The molecule has 0 unspecified atom stereocenters. The summed E-state index contributed by atoms with van der Waals surface area (Å²) in [5.74, 6) is -0.619. The predicted molar refractivity (Wildman–Crippen MR) is 67.4 cm³/mol. The smallest absolute Gasteiger partial charge is 0.244 e. The van der Waals surface area contributed by atoms with Crippen LogP contribution in [0.1, 0.15) is 12.8 Å². The highest BCUT2D eigenvalue weighted by Gasteiger charge is 2.30. The second kappa shape index (κ2) is 5.13. The van der Waals surface area contributed by atoms with E-state index in [-0.39, 0.29) is 16.0 Å².